The van der Waals surface area contributed by atoms with Gasteiger partial charge < -0.3 is 15.0 Å². The SMILES string of the molecule is CC(C)CCCN(C(=O)Nc1c(C(C)C)cc(-c2cccc(OCCn3cncn3)c2)cc1C(C)C)c1cc2cccnc2[nH]c1=O. The Hall–Kier alpha value is -4.99. The average molecular weight is 636 g/mol. The van der Waals surface area contributed by atoms with Crippen LogP contribution in [-0.4, -0.2) is 43.9 Å². The molecule has 2 N–H and O–H groups in total. The van der Waals surface area contributed by atoms with Crippen molar-refractivity contribution in [2.45, 2.75) is 72.8 Å². The number of ether oxygens (including phenoxy) is 1. The first-order valence-corrected chi connectivity index (χ1v) is 16.4. The lowest BCUT2D eigenvalue weighted by atomic mass is 9.88. The summed E-state index contributed by atoms with van der Waals surface area (Å²) in [5.41, 5.74) is 5.36. The van der Waals surface area contributed by atoms with E-state index in [9.17, 15) is 9.59 Å². The third kappa shape index (κ3) is 8.24. The molecule has 0 spiro atoms. The van der Waals surface area contributed by atoms with Crippen molar-refractivity contribution in [2.75, 3.05) is 23.4 Å². The van der Waals surface area contributed by atoms with Crippen LogP contribution in [-0.2, 0) is 6.54 Å². The van der Waals surface area contributed by atoms with Gasteiger partial charge in [0, 0.05) is 23.8 Å². The van der Waals surface area contributed by atoms with Crippen LogP contribution in [0, 0.1) is 5.92 Å². The summed E-state index contributed by atoms with van der Waals surface area (Å²) in [7, 11) is 0. The van der Waals surface area contributed by atoms with Gasteiger partial charge in [0.25, 0.3) is 5.56 Å². The molecule has 0 bridgehead atoms. The highest BCUT2D eigenvalue weighted by molar-refractivity contribution is 6.03. The van der Waals surface area contributed by atoms with Crippen molar-refractivity contribution in [3.63, 3.8) is 0 Å². The zero-order valence-electron chi connectivity index (χ0n) is 28.2. The van der Waals surface area contributed by atoms with Crippen LogP contribution in [0.1, 0.15) is 77.3 Å². The van der Waals surface area contributed by atoms with E-state index in [1.807, 2.05) is 30.3 Å². The predicted octanol–water partition coefficient (Wildman–Crippen LogP) is 7.98. The minimum atomic E-state index is -0.345. The van der Waals surface area contributed by atoms with Crippen LogP contribution >= 0.6 is 0 Å². The van der Waals surface area contributed by atoms with Crippen molar-refractivity contribution >= 4 is 28.4 Å². The summed E-state index contributed by atoms with van der Waals surface area (Å²) in [6.45, 7) is 14.3. The van der Waals surface area contributed by atoms with Crippen LogP contribution < -0.4 is 20.5 Å². The highest BCUT2D eigenvalue weighted by Gasteiger charge is 2.24. The van der Waals surface area contributed by atoms with E-state index in [4.69, 9.17) is 4.74 Å². The number of H-pyrrole nitrogens is 1. The Morgan fingerprint density at radius 3 is 2.43 bits per heavy atom. The van der Waals surface area contributed by atoms with Gasteiger partial charge >= 0.3 is 6.03 Å². The highest BCUT2D eigenvalue weighted by Crippen LogP contribution is 2.38. The number of benzene rings is 2. The van der Waals surface area contributed by atoms with E-state index in [1.54, 1.807) is 28.2 Å². The molecule has 0 fully saturated rings. The molecule has 0 saturated carbocycles. The van der Waals surface area contributed by atoms with Crippen molar-refractivity contribution in [1.82, 2.24) is 24.7 Å². The second-order valence-electron chi connectivity index (χ2n) is 12.9. The van der Waals surface area contributed by atoms with Gasteiger partial charge in [0.05, 0.1) is 6.54 Å². The van der Waals surface area contributed by atoms with Gasteiger partial charge in [-0.3, -0.25) is 9.69 Å². The number of fused-ring (bicyclic) bond motifs is 1. The first kappa shape index (κ1) is 33.4. The van der Waals surface area contributed by atoms with Crippen LogP contribution in [0.15, 0.2) is 78.2 Å². The van der Waals surface area contributed by atoms with Crippen molar-refractivity contribution in [2.24, 2.45) is 5.92 Å². The standard InChI is InChI=1S/C37H45N7O3/c1-24(2)10-9-15-44(33-21-28-12-8-14-39-35(28)42-36(33)45)37(46)41-34-31(25(3)4)19-29(20-32(34)26(5)6)27-11-7-13-30(18-27)47-17-16-43-23-38-22-40-43/h7-8,11-14,18-26H,9-10,15-17H2,1-6H3,(H,41,46)(H,39,42,45). The number of urea groups is 1. The van der Waals surface area contributed by atoms with E-state index in [0.29, 0.717) is 36.9 Å². The lowest BCUT2D eigenvalue weighted by Gasteiger charge is -2.27. The lowest BCUT2D eigenvalue weighted by molar-refractivity contribution is 0.256. The molecule has 0 aliphatic heterocycles. The Bertz CT molecular complexity index is 1830. The maximum atomic E-state index is 14.2. The molecule has 0 atom stereocenters. The third-order valence-electron chi connectivity index (χ3n) is 8.19. The van der Waals surface area contributed by atoms with Crippen LogP contribution in [0.25, 0.3) is 22.2 Å². The van der Waals surface area contributed by atoms with Gasteiger partial charge in [-0.05, 0) is 95.3 Å². The largest absolute Gasteiger partial charge is 0.492 e. The summed E-state index contributed by atoms with van der Waals surface area (Å²) >= 11 is 0. The topological polar surface area (TPSA) is 118 Å². The monoisotopic (exact) mass is 635 g/mol. The van der Waals surface area contributed by atoms with E-state index in [0.717, 1.165) is 51.9 Å². The maximum Gasteiger partial charge on any atom is 0.326 e. The van der Waals surface area contributed by atoms with Gasteiger partial charge in [0.2, 0.25) is 0 Å². The fraction of sp³-hybridized carbons (Fsp3) is 0.378. The normalized spacial score (nSPS) is 11.5. The first-order valence-electron chi connectivity index (χ1n) is 16.4. The molecular weight excluding hydrogens is 590 g/mol. The second-order valence-corrected chi connectivity index (χ2v) is 12.9. The summed E-state index contributed by atoms with van der Waals surface area (Å²) in [6.07, 6.45) is 6.52. The fourth-order valence-corrected chi connectivity index (χ4v) is 5.67. The molecule has 246 valence electrons. The molecule has 3 heterocycles. The molecule has 2 aromatic carbocycles. The molecule has 10 heteroatoms. The number of anilines is 2. The van der Waals surface area contributed by atoms with Crippen LogP contribution in [0.2, 0.25) is 0 Å². The van der Waals surface area contributed by atoms with Crippen molar-refractivity contribution in [1.29, 1.82) is 0 Å². The van der Waals surface area contributed by atoms with Crippen molar-refractivity contribution in [3.05, 3.63) is 94.9 Å². The number of hydrogen-bond acceptors (Lipinski definition) is 6. The summed E-state index contributed by atoms with van der Waals surface area (Å²) < 4.78 is 7.78. The first-order chi connectivity index (χ1) is 22.6. The summed E-state index contributed by atoms with van der Waals surface area (Å²) in [5.74, 6) is 1.48. The van der Waals surface area contributed by atoms with Gasteiger partial charge in [0.15, 0.2) is 0 Å². The molecule has 2 amide bonds. The lowest BCUT2D eigenvalue weighted by Crippen LogP contribution is -2.39. The number of pyridine rings is 2. The molecule has 0 radical (unpaired) electrons. The average Bonchev–Trinajstić information content (AvgIpc) is 3.56. The van der Waals surface area contributed by atoms with E-state index in [-0.39, 0.29) is 23.4 Å². The van der Waals surface area contributed by atoms with Gasteiger partial charge in [-0.1, -0.05) is 53.7 Å². The minimum Gasteiger partial charge on any atom is -0.492 e. The molecule has 0 unspecified atom stereocenters. The van der Waals surface area contributed by atoms with Crippen molar-refractivity contribution in [3.8, 4) is 16.9 Å². The van der Waals surface area contributed by atoms with Crippen LogP contribution in [0.4, 0.5) is 16.2 Å². The molecule has 47 heavy (non-hydrogen) atoms. The number of hydrogen-bond donors (Lipinski definition) is 2. The van der Waals surface area contributed by atoms with E-state index < -0.39 is 0 Å². The Morgan fingerprint density at radius 2 is 1.74 bits per heavy atom. The number of amides is 2. The number of nitrogens with one attached hydrogen (secondary N) is 2. The van der Waals surface area contributed by atoms with E-state index >= 15 is 0 Å². The van der Waals surface area contributed by atoms with Crippen LogP contribution in [0.3, 0.4) is 0 Å². The summed E-state index contributed by atoms with van der Waals surface area (Å²) in [4.78, 5) is 40.2. The quantitative estimate of drug-likeness (QED) is 0.135. The molecule has 0 aliphatic carbocycles. The molecule has 0 saturated heterocycles. The number of carbonyl (C=O) groups is 1. The molecule has 5 aromatic rings. The van der Waals surface area contributed by atoms with Gasteiger partial charge in [-0.15, -0.1) is 0 Å². The van der Waals surface area contributed by atoms with Crippen LogP contribution in [0.5, 0.6) is 5.75 Å². The van der Waals surface area contributed by atoms with E-state index in [1.165, 1.54) is 6.33 Å². The molecule has 5 rings (SSSR count). The fourth-order valence-electron chi connectivity index (χ4n) is 5.67. The van der Waals surface area contributed by atoms with Crippen molar-refractivity contribution < 1.29 is 9.53 Å². The molecule has 10 nitrogen and oxygen atoms in total. The number of rotatable bonds is 13. The predicted molar refractivity (Wildman–Crippen MR) is 188 cm³/mol. The van der Waals surface area contributed by atoms with E-state index in [2.05, 4.69) is 85.1 Å². The summed E-state index contributed by atoms with van der Waals surface area (Å²) in [6, 6.07) is 17.5. The second kappa shape index (κ2) is 15.1. The van der Waals surface area contributed by atoms with Gasteiger partial charge in [-0.2, -0.15) is 5.10 Å². The minimum absolute atomic E-state index is 0.120. The number of aromatic amines is 1. The molecule has 0 aliphatic rings. The van der Waals surface area contributed by atoms with Gasteiger partial charge in [-0.25, -0.2) is 19.4 Å². The third-order valence-corrected chi connectivity index (χ3v) is 8.19. The maximum absolute atomic E-state index is 14.2. The Morgan fingerprint density at radius 1 is 0.979 bits per heavy atom. The Balaban J connectivity index is 1.48. The zero-order chi connectivity index (χ0) is 33.5. The number of nitrogens with zero attached hydrogens (tertiary/aromatic N) is 5. The zero-order valence-corrected chi connectivity index (χ0v) is 28.2. The number of carbonyl (C=O) groups excluding carboxylic acids is 1. The molecule has 3 aromatic heterocycles. The smallest absolute Gasteiger partial charge is 0.326 e. The Kier molecular flexibility index (Phi) is 10.7. The Labute approximate surface area is 276 Å². The van der Waals surface area contributed by atoms with Gasteiger partial charge in [0.1, 0.15) is 36.3 Å². The molecular formula is C37H45N7O3. The number of aromatic nitrogens is 5. The summed E-state index contributed by atoms with van der Waals surface area (Å²) in [5, 5.41) is 8.17. The highest BCUT2D eigenvalue weighted by atomic mass is 16.5.